The van der Waals surface area contributed by atoms with Crippen molar-refractivity contribution in [1.82, 2.24) is 15.4 Å². The number of carbonyl (C=O) groups is 2. The average molecular weight is 376 g/mol. The summed E-state index contributed by atoms with van der Waals surface area (Å²) in [6.07, 6.45) is 1.32. The molecule has 0 saturated carbocycles. The number of nitrogens with zero attached hydrogens (tertiary/aromatic N) is 2. The fourth-order valence-electron chi connectivity index (χ4n) is 3.04. The van der Waals surface area contributed by atoms with Crippen molar-refractivity contribution in [2.45, 2.75) is 32.7 Å². The number of amides is 2. The minimum absolute atomic E-state index is 0.0385. The Kier molecular flexibility index (Phi) is 5.61. The third-order valence-corrected chi connectivity index (χ3v) is 4.69. The number of benzene rings is 1. The van der Waals surface area contributed by atoms with Gasteiger partial charge in [-0.25, -0.2) is 0 Å². The second kappa shape index (κ2) is 7.91. The van der Waals surface area contributed by atoms with Crippen molar-refractivity contribution in [3.05, 3.63) is 41.0 Å². The summed E-state index contributed by atoms with van der Waals surface area (Å²) in [6.45, 7) is 4.97. The maximum Gasteiger partial charge on any atom is 0.276 e. The van der Waals surface area contributed by atoms with Crippen LogP contribution in [0.2, 0.25) is 5.02 Å². The first kappa shape index (κ1) is 18.5. The molecular weight excluding hydrogens is 354 g/mol. The molecule has 0 spiro atoms. The zero-order chi connectivity index (χ0) is 18.7. The maximum atomic E-state index is 12.6. The lowest BCUT2D eigenvalue weighted by Crippen LogP contribution is -2.44. The van der Waals surface area contributed by atoms with E-state index < -0.39 is 0 Å². The van der Waals surface area contributed by atoms with Gasteiger partial charge in [-0.15, -0.1) is 0 Å². The van der Waals surface area contributed by atoms with Crippen LogP contribution in [-0.2, 0) is 4.79 Å². The molecule has 1 fully saturated rings. The summed E-state index contributed by atoms with van der Waals surface area (Å²) in [5.74, 6) is 0.384. The first-order valence-electron chi connectivity index (χ1n) is 8.76. The molecule has 1 aromatic carbocycles. The van der Waals surface area contributed by atoms with Crippen LogP contribution in [-0.4, -0.2) is 41.0 Å². The van der Waals surface area contributed by atoms with Crippen LogP contribution in [0.5, 0.6) is 0 Å². The van der Waals surface area contributed by atoms with E-state index in [9.17, 15) is 9.59 Å². The molecule has 0 atom stereocenters. The molecule has 2 amide bonds. The summed E-state index contributed by atoms with van der Waals surface area (Å²) in [4.78, 5) is 26.4. The van der Waals surface area contributed by atoms with E-state index in [-0.39, 0.29) is 29.5 Å². The van der Waals surface area contributed by atoms with Gasteiger partial charge in [-0.05, 0) is 51.0 Å². The Hall–Kier alpha value is -2.34. The van der Waals surface area contributed by atoms with Crippen LogP contribution >= 0.6 is 11.6 Å². The molecule has 6 nitrogen and oxygen atoms in total. The third-order valence-electron chi connectivity index (χ3n) is 4.44. The summed E-state index contributed by atoms with van der Waals surface area (Å²) in [5, 5.41) is 7.47. The zero-order valence-electron chi connectivity index (χ0n) is 14.9. The monoisotopic (exact) mass is 375 g/mol. The van der Waals surface area contributed by atoms with Gasteiger partial charge in [-0.3, -0.25) is 9.59 Å². The standard InChI is InChI=1S/C19H22ClN3O3/c1-12(2)21-18(24)14-7-9-23(10-8-14)19(25)16-11-17(26-22-16)13-3-5-15(20)6-4-13/h3-6,11-12,14H,7-10H2,1-2H3,(H,21,24). The predicted molar refractivity (Wildman–Crippen MR) is 98.9 cm³/mol. The Morgan fingerprint density at radius 3 is 2.50 bits per heavy atom. The van der Waals surface area contributed by atoms with Crippen molar-refractivity contribution in [2.75, 3.05) is 13.1 Å². The largest absolute Gasteiger partial charge is 0.355 e. The van der Waals surface area contributed by atoms with E-state index in [1.54, 1.807) is 23.1 Å². The van der Waals surface area contributed by atoms with Crippen LogP contribution in [0, 0.1) is 5.92 Å². The quantitative estimate of drug-likeness (QED) is 0.888. The molecule has 26 heavy (non-hydrogen) atoms. The Morgan fingerprint density at radius 1 is 1.23 bits per heavy atom. The fraction of sp³-hybridized carbons (Fsp3) is 0.421. The van der Waals surface area contributed by atoms with E-state index >= 15 is 0 Å². The zero-order valence-corrected chi connectivity index (χ0v) is 15.6. The molecule has 1 aromatic heterocycles. The minimum atomic E-state index is -0.170. The van der Waals surface area contributed by atoms with Crippen molar-refractivity contribution in [3.8, 4) is 11.3 Å². The second-order valence-electron chi connectivity index (χ2n) is 6.81. The predicted octanol–water partition coefficient (Wildman–Crippen LogP) is 3.37. The molecule has 2 heterocycles. The molecular formula is C19H22ClN3O3. The van der Waals surface area contributed by atoms with Crippen LogP contribution in [0.4, 0.5) is 0 Å². The summed E-state index contributed by atoms with van der Waals surface area (Å²) in [6, 6.07) is 8.92. The molecule has 0 radical (unpaired) electrons. The Morgan fingerprint density at radius 2 is 1.88 bits per heavy atom. The molecule has 1 aliphatic rings. The first-order valence-corrected chi connectivity index (χ1v) is 9.14. The van der Waals surface area contributed by atoms with E-state index in [1.165, 1.54) is 0 Å². The number of piperidine rings is 1. The Labute approximate surface area is 157 Å². The number of nitrogens with one attached hydrogen (secondary N) is 1. The van der Waals surface area contributed by atoms with Gasteiger partial charge in [0.15, 0.2) is 11.5 Å². The van der Waals surface area contributed by atoms with Crippen molar-refractivity contribution < 1.29 is 14.1 Å². The molecule has 0 aliphatic carbocycles. The van der Waals surface area contributed by atoms with Gasteiger partial charge in [-0.2, -0.15) is 0 Å². The molecule has 1 saturated heterocycles. The normalized spacial score (nSPS) is 15.3. The summed E-state index contributed by atoms with van der Waals surface area (Å²) < 4.78 is 5.30. The average Bonchev–Trinajstić information content (AvgIpc) is 3.11. The van der Waals surface area contributed by atoms with Crippen LogP contribution in [0.3, 0.4) is 0 Å². The Bertz CT molecular complexity index is 778. The van der Waals surface area contributed by atoms with E-state index in [0.29, 0.717) is 36.7 Å². The number of hydrogen-bond donors (Lipinski definition) is 1. The number of likely N-dealkylation sites (tertiary alicyclic amines) is 1. The third kappa shape index (κ3) is 4.25. The highest BCUT2D eigenvalue weighted by Crippen LogP contribution is 2.24. The van der Waals surface area contributed by atoms with Crippen LogP contribution < -0.4 is 5.32 Å². The van der Waals surface area contributed by atoms with Crippen LogP contribution in [0.15, 0.2) is 34.9 Å². The number of hydrogen-bond acceptors (Lipinski definition) is 4. The summed E-state index contributed by atoms with van der Waals surface area (Å²) in [5.41, 5.74) is 1.09. The van der Waals surface area contributed by atoms with E-state index in [1.807, 2.05) is 26.0 Å². The Balaban J connectivity index is 1.61. The lowest BCUT2D eigenvalue weighted by molar-refractivity contribution is -0.126. The van der Waals surface area contributed by atoms with E-state index in [0.717, 1.165) is 5.56 Å². The smallest absolute Gasteiger partial charge is 0.276 e. The lowest BCUT2D eigenvalue weighted by atomic mass is 9.95. The molecule has 0 unspecified atom stereocenters. The molecule has 7 heteroatoms. The van der Waals surface area contributed by atoms with Gasteiger partial charge in [0, 0.05) is 41.7 Å². The summed E-state index contributed by atoms with van der Waals surface area (Å²) >= 11 is 5.88. The van der Waals surface area contributed by atoms with E-state index in [4.69, 9.17) is 16.1 Å². The van der Waals surface area contributed by atoms with Gasteiger partial charge in [0.25, 0.3) is 5.91 Å². The van der Waals surface area contributed by atoms with Crippen molar-refractivity contribution in [3.63, 3.8) is 0 Å². The maximum absolute atomic E-state index is 12.6. The highest BCUT2D eigenvalue weighted by molar-refractivity contribution is 6.30. The van der Waals surface area contributed by atoms with Gasteiger partial charge < -0.3 is 14.7 Å². The van der Waals surface area contributed by atoms with Gasteiger partial charge in [0.1, 0.15) is 0 Å². The first-order chi connectivity index (χ1) is 12.4. The van der Waals surface area contributed by atoms with Gasteiger partial charge >= 0.3 is 0 Å². The topological polar surface area (TPSA) is 75.4 Å². The molecule has 1 N–H and O–H groups in total. The molecule has 0 bridgehead atoms. The molecule has 1 aliphatic heterocycles. The molecule has 3 rings (SSSR count). The second-order valence-corrected chi connectivity index (χ2v) is 7.25. The number of aromatic nitrogens is 1. The minimum Gasteiger partial charge on any atom is -0.355 e. The van der Waals surface area contributed by atoms with Crippen molar-refractivity contribution in [2.24, 2.45) is 5.92 Å². The van der Waals surface area contributed by atoms with Crippen molar-refractivity contribution >= 4 is 23.4 Å². The van der Waals surface area contributed by atoms with Gasteiger partial charge in [-0.1, -0.05) is 16.8 Å². The van der Waals surface area contributed by atoms with Crippen LogP contribution in [0.1, 0.15) is 37.2 Å². The highest BCUT2D eigenvalue weighted by Gasteiger charge is 2.29. The van der Waals surface area contributed by atoms with Gasteiger partial charge in [0.05, 0.1) is 0 Å². The molecule has 138 valence electrons. The van der Waals surface area contributed by atoms with Gasteiger partial charge in [0.2, 0.25) is 5.91 Å². The fourth-order valence-corrected chi connectivity index (χ4v) is 3.16. The van der Waals surface area contributed by atoms with Crippen molar-refractivity contribution in [1.29, 1.82) is 0 Å². The number of halogens is 1. The van der Waals surface area contributed by atoms with Crippen LogP contribution in [0.25, 0.3) is 11.3 Å². The number of carbonyl (C=O) groups excluding carboxylic acids is 2. The summed E-state index contributed by atoms with van der Waals surface area (Å²) in [7, 11) is 0. The highest BCUT2D eigenvalue weighted by atomic mass is 35.5. The van der Waals surface area contributed by atoms with E-state index in [2.05, 4.69) is 10.5 Å². The molecule has 2 aromatic rings. The number of rotatable bonds is 4. The lowest BCUT2D eigenvalue weighted by Gasteiger charge is -2.31. The SMILES string of the molecule is CC(C)NC(=O)C1CCN(C(=O)c2cc(-c3ccc(Cl)cc3)on2)CC1.